The lowest BCUT2D eigenvalue weighted by atomic mass is 10.2. The lowest BCUT2D eigenvalue weighted by molar-refractivity contribution is -0.384. The summed E-state index contributed by atoms with van der Waals surface area (Å²) in [5, 5.41) is 18.7. The normalized spacial score (nSPS) is 9.67. The van der Waals surface area contributed by atoms with Gasteiger partial charge in [-0.15, -0.1) is 0 Å². The molecule has 0 heterocycles. The van der Waals surface area contributed by atoms with Crippen molar-refractivity contribution in [2.75, 3.05) is 13.2 Å². The molecule has 80 valence electrons. The molecule has 1 aromatic rings. The van der Waals surface area contributed by atoms with E-state index in [4.69, 9.17) is 5.11 Å². The predicted octanol–water partition coefficient (Wildman–Crippen LogP) is 0.744. The molecule has 15 heavy (non-hydrogen) atoms. The van der Waals surface area contributed by atoms with E-state index in [1.165, 1.54) is 24.3 Å². The summed E-state index contributed by atoms with van der Waals surface area (Å²) >= 11 is 0. The molecule has 0 aliphatic carbocycles. The van der Waals surface area contributed by atoms with Crippen LogP contribution in [0.5, 0.6) is 0 Å². The van der Waals surface area contributed by atoms with E-state index < -0.39 is 10.9 Å². The summed E-state index contributed by atoms with van der Waals surface area (Å²) in [4.78, 5) is 20.9. The number of carbonyl (C=O) groups excluding carboxylic acids is 1. The van der Waals surface area contributed by atoms with Crippen LogP contribution < -0.4 is 0 Å². The highest BCUT2D eigenvalue weighted by Gasteiger charge is 2.09. The maximum atomic E-state index is 11.2. The number of ether oxygens (including phenoxy) is 1. The molecule has 0 aliphatic heterocycles. The van der Waals surface area contributed by atoms with Gasteiger partial charge in [-0.05, 0) is 12.1 Å². The Balaban J connectivity index is 2.71. The molecular formula is C9H9NO5. The number of nitro benzene ring substituents is 1. The van der Waals surface area contributed by atoms with E-state index >= 15 is 0 Å². The second-order valence-electron chi connectivity index (χ2n) is 2.66. The van der Waals surface area contributed by atoms with E-state index in [2.05, 4.69) is 4.74 Å². The largest absolute Gasteiger partial charge is 0.460 e. The second kappa shape index (κ2) is 5.06. The van der Waals surface area contributed by atoms with Crippen molar-refractivity contribution >= 4 is 11.7 Å². The minimum atomic E-state index is -0.612. The minimum Gasteiger partial charge on any atom is -0.460 e. The van der Waals surface area contributed by atoms with Gasteiger partial charge in [0.2, 0.25) is 0 Å². The van der Waals surface area contributed by atoms with Crippen molar-refractivity contribution in [3.05, 3.63) is 39.9 Å². The van der Waals surface area contributed by atoms with Crippen molar-refractivity contribution in [3.63, 3.8) is 0 Å². The fourth-order valence-corrected chi connectivity index (χ4v) is 0.941. The molecule has 1 rings (SSSR count). The first-order valence-electron chi connectivity index (χ1n) is 4.17. The Morgan fingerprint density at radius 1 is 1.40 bits per heavy atom. The zero-order valence-corrected chi connectivity index (χ0v) is 7.75. The van der Waals surface area contributed by atoms with Crippen molar-refractivity contribution in [3.8, 4) is 0 Å². The Kier molecular flexibility index (Phi) is 3.75. The number of carbonyl (C=O) groups is 1. The summed E-state index contributed by atoms with van der Waals surface area (Å²) in [5.41, 5.74) is 0.128. The van der Waals surface area contributed by atoms with Gasteiger partial charge in [-0.2, -0.15) is 0 Å². The van der Waals surface area contributed by atoms with Crippen molar-refractivity contribution < 1.29 is 19.6 Å². The Hall–Kier alpha value is -1.95. The van der Waals surface area contributed by atoms with Gasteiger partial charge in [-0.3, -0.25) is 10.1 Å². The Bertz CT molecular complexity index is 359. The van der Waals surface area contributed by atoms with Crippen LogP contribution in [0.3, 0.4) is 0 Å². The fraction of sp³-hybridized carbons (Fsp3) is 0.222. The number of benzene rings is 1. The van der Waals surface area contributed by atoms with Crippen molar-refractivity contribution in [1.82, 2.24) is 0 Å². The first-order chi connectivity index (χ1) is 7.15. The molecule has 0 spiro atoms. The van der Waals surface area contributed by atoms with Crippen molar-refractivity contribution in [2.45, 2.75) is 0 Å². The lowest BCUT2D eigenvalue weighted by Crippen LogP contribution is -2.08. The van der Waals surface area contributed by atoms with Crippen LogP contribution in [-0.2, 0) is 4.74 Å². The minimum absolute atomic E-state index is 0.0875. The molecule has 0 atom stereocenters. The summed E-state index contributed by atoms with van der Waals surface area (Å²) in [7, 11) is 0. The van der Waals surface area contributed by atoms with Crippen molar-refractivity contribution in [1.29, 1.82) is 0 Å². The maximum absolute atomic E-state index is 11.2. The zero-order valence-electron chi connectivity index (χ0n) is 7.75. The van der Waals surface area contributed by atoms with Gasteiger partial charge >= 0.3 is 5.97 Å². The van der Waals surface area contributed by atoms with Crippen LogP contribution in [0, 0.1) is 10.1 Å². The topological polar surface area (TPSA) is 89.7 Å². The molecule has 1 N–H and O–H groups in total. The average molecular weight is 211 g/mol. The number of non-ortho nitro benzene ring substituents is 1. The third-order valence-corrected chi connectivity index (χ3v) is 1.64. The van der Waals surface area contributed by atoms with Crippen LogP contribution in [-0.4, -0.2) is 29.2 Å². The van der Waals surface area contributed by atoms with Gasteiger partial charge in [-0.25, -0.2) is 4.79 Å². The van der Waals surface area contributed by atoms with Gasteiger partial charge in [0.15, 0.2) is 0 Å². The molecule has 0 radical (unpaired) electrons. The van der Waals surface area contributed by atoms with Crippen LogP contribution >= 0.6 is 0 Å². The monoisotopic (exact) mass is 211 g/mol. The van der Waals surface area contributed by atoms with Crippen molar-refractivity contribution in [2.24, 2.45) is 0 Å². The van der Waals surface area contributed by atoms with Crippen LogP contribution in [0.2, 0.25) is 0 Å². The number of aliphatic hydroxyl groups is 1. The van der Waals surface area contributed by atoms with Crippen LogP contribution in [0.15, 0.2) is 24.3 Å². The van der Waals surface area contributed by atoms with E-state index in [1.54, 1.807) is 0 Å². The van der Waals surface area contributed by atoms with Gasteiger partial charge in [0.1, 0.15) is 6.61 Å². The van der Waals surface area contributed by atoms with E-state index in [0.717, 1.165) is 0 Å². The van der Waals surface area contributed by atoms with Gasteiger partial charge in [0.25, 0.3) is 5.69 Å². The predicted molar refractivity (Wildman–Crippen MR) is 50.5 cm³/mol. The molecule has 0 bridgehead atoms. The number of nitrogens with zero attached hydrogens (tertiary/aromatic N) is 1. The molecule has 6 nitrogen and oxygen atoms in total. The Labute approximate surface area is 85.2 Å². The first-order valence-corrected chi connectivity index (χ1v) is 4.17. The first kappa shape index (κ1) is 11.1. The highest BCUT2D eigenvalue weighted by Crippen LogP contribution is 2.12. The molecule has 0 aromatic heterocycles. The van der Waals surface area contributed by atoms with Crippen LogP contribution in [0.4, 0.5) is 5.69 Å². The van der Waals surface area contributed by atoms with E-state index in [1.807, 2.05) is 0 Å². The third kappa shape index (κ3) is 3.03. The number of nitro groups is 1. The number of esters is 1. The molecule has 0 unspecified atom stereocenters. The zero-order chi connectivity index (χ0) is 11.3. The smallest absolute Gasteiger partial charge is 0.338 e. The molecule has 0 saturated carbocycles. The molecular weight excluding hydrogens is 202 g/mol. The molecule has 6 heteroatoms. The summed E-state index contributed by atoms with van der Waals surface area (Å²) < 4.78 is 4.62. The third-order valence-electron chi connectivity index (χ3n) is 1.64. The molecule has 0 fully saturated rings. The van der Waals surface area contributed by atoms with Gasteiger partial charge in [0, 0.05) is 12.1 Å². The standard InChI is InChI=1S/C9H9NO5/c11-5-6-15-9(12)7-1-3-8(4-2-7)10(13)14/h1-4,11H,5-6H2. The van der Waals surface area contributed by atoms with E-state index in [0.29, 0.717) is 0 Å². The fourth-order valence-electron chi connectivity index (χ4n) is 0.941. The highest BCUT2D eigenvalue weighted by atomic mass is 16.6. The summed E-state index contributed by atoms with van der Waals surface area (Å²) in [5.74, 6) is -0.612. The Morgan fingerprint density at radius 2 is 2.00 bits per heavy atom. The Morgan fingerprint density at radius 3 is 2.47 bits per heavy atom. The van der Waals surface area contributed by atoms with E-state index in [9.17, 15) is 14.9 Å². The van der Waals surface area contributed by atoms with Gasteiger partial charge < -0.3 is 9.84 Å². The second-order valence-corrected chi connectivity index (χ2v) is 2.66. The number of aliphatic hydroxyl groups excluding tert-OH is 1. The summed E-state index contributed by atoms with van der Waals surface area (Å²) in [6, 6.07) is 5.04. The maximum Gasteiger partial charge on any atom is 0.338 e. The lowest BCUT2D eigenvalue weighted by Gasteiger charge is -2.01. The summed E-state index contributed by atoms with van der Waals surface area (Å²) in [6.07, 6.45) is 0. The molecule has 0 saturated heterocycles. The van der Waals surface area contributed by atoms with Crippen LogP contribution in [0.25, 0.3) is 0 Å². The van der Waals surface area contributed by atoms with Gasteiger partial charge in [-0.1, -0.05) is 0 Å². The number of hydrogen-bond donors (Lipinski definition) is 1. The SMILES string of the molecule is O=C(OCCO)c1ccc([N+](=O)[O-])cc1. The average Bonchev–Trinajstić information content (AvgIpc) is 2.26. The number of hydrogen-bond acceptors (Lipinski definition) is 5. The molecule has 0 aliphatic rings. The number of rotatable bonds is 4. The molecule has 1 aromatic carbocycles. The van der Waals surface area contributed by atoms with E-state index in [-0.39, 0.29) is 24.5 Å². The molecule has 0 amide bonds. The summed E-state index contributed by atoms with van der Waals surface area (Å²) in [6.45, 7) is -0.339. The quantitative estimate of drug-likeness (QED) is 0.450. The van der Waals surface area contributed by atoms with Gasteiger partial charge in [0.05, 0.1) is 17.1 Å². The van der Waals surface area contributed by atoms with Crippen LogP contribution in [0.1, 0.15) is 10.4 Å². The highest BCUT2D eigenvalue weighted by molar-refractivity contribution is 5.89.